The highest BCUT2D eigenvalue weighted by Crippen LogP contribution is 2.20. The molecule has 0 aromatic heterocycles. The molecular weight excluding hydrogens is 324 g/mol. The van der Waals surface area contributed by atoms with Crippen LogP contribution in [0.25, 0.3) is 11.1 Å². The highest BCUT2D eigenvalue weighted by molar-refractivity contribution is 5.94. The van der Waals surface area contributed by atoms with E-state index in [4.69, 9.17) is 11.5 Å². The molecule has 0 radical (unpaired) electrons. The molecule has 0 aliphatic carbocycles. The number of amides is 1. The quantitative estimate of drug-likeness (QED) is 0.571. The van der Waals surface area contributed by atoms with Gasteiger partial charge >= 0.3 is 0 Å². The fraction of sp³-hybridized carbons (Fsp3) is 0.381. The summed E-state index contributed by atoms with van der Waals surface area (Å²) in [6.45, 7) is 3.89. The predicted molar refractivity (Wildman–Crippen MR) is 108 cm³/mol. The lowest BCUT2D eigenvalue weighted by Crippen LogP contribution is -2.29. The smallest absolute Gasteiger partial charge is 0.251 e. The molecule has 0 aliphatic heterocycles. The Bertz CT molecular complexity index is 667. The molecule has 0 unspecified atom stereocenters. The van der Waals surface area contributed by atoms with Crippen LogP contribution in [0.1, 0.15) is 28.8 Å². The van der Waals surface area contributed by atoms with Crippen molar-refractivity contribution in [1.82, 2.24) is 10.2 Å². The van der Waals surface area contributed by atoms with E-state index >= 15 is 0 Å². The largest absolute Gasteiger partial charge is 0.352 e. The number of rotatable bonds is 10. The van der Waals surface area contributed by atoms with Gasteiger partial charge in [0.05, 0.1) is 0 Å². The molecule has 0 heterocycles. The molecule has 2 rings (SSSR count). The molecule has 140 valence electrons. The maximum absolute atomic E-state index is 12.2. The summed E-state index contributed by atoms with van der Waals surface area (Å²) < 4.78 is 0. The normalized spacial score (nSPS) is 10.9. The zero-order valence-electron chi connectivity index (χ0n) is 15.6. The van der Waals surface area contributed by atoms with Crippen LogP contribution in [-0.2, 0) is 6.54 Å². The van der Waals surface area contributed by atoms with Crippen molar-refractivity contribution in [2.45, 2.75) is 19.4 Å². The molecule has 26 heavy (non-hydrogen) atoms. The fourth-order valence-corrected chi connectivity index (χ4v) is 2.77. The van der Waals surface area contributed by atoms with Gasteiger partial charge in [0.15, 0.2) is 0 Å². The number of carbonyl (C=O) groups is 1. The van der Waals surface area contributed by atoms with E-state index in [1.807, 2.05) is 36.4 Å². The van der Waals surface area contributed by atoms with Crippen molar-refractivity contribution in [2.75, 3.05) is 33.2 Å². The first kappa shape index (κ1) is 20.1. The summed E-state index contributed by atoms with van der Waals surface area (Å²) in [4.78, 5) is 14.5. The predicted octanol–water partition coefficient (Wildman–Crippen LogP) is 2.21. The molecular formula is C21H30N4O. The Morgan fingerprint density at radius 3 is 2.08 bits per heavy atom. The van der Waals surface area contributed by atoms with Crippen molar-refractivity contribution >= 4 is 5.91 Å². The highest BCUT2D eigenvalue weighted by atomic mass is 16.1. The van der Waals surface area contributed by atoms with Crippen molar-refractivity contribution in [1.29, 1.82) is 0 Å². The number of nitrogens with one attached hydrogen (secondary N) is 1. The molecule has 5 N–H and O–H groups in total. The van der Waals surface area contributed by atoms with E-state index in [1.54, 1.807) is 0 Å². The van der Waals surface area contributed by atoms with E-state index < -0.39 is 0 Å². The van der Waals surface area contributed by atoms with E-state index in [9.17, 15) is 4.79 Å². The number of nitrogens with zero attached hydrogens (tertiary/aromatic N) is 1. The van der Waals surface area contributed by atoms with Crippen LogP contribution in [0.4, 0.5) is 0 Å². The number of benzene rings is 2. The van der Waals surface area contributed by atoms with E-state index in [-0.39, 0.29) is 5.91 Å². The molecule has 0 atom stereocenters. The number of hydrogen-bond acceptors (Lipinski definition) is 4. The lowest BCUT2D eigenvalue weighted by molar-refractivity contribution is 0.0952. The van der Waals surface area contributed by atoms with E-state index in [1.165, 1.54) is 0 Å². The fourth-order valence-electron chi connectivity index (χ4n) is 2.77. The number of carbonyl (C=O) groups excluding carboxylic acids is 1. The van der Waals surface area contributed by atoms with Gasteiger partial charge in [0.25, 0.3) is 5.91 Å². The van der Waals surface area contributed by atoms with Crippen molar-refractivity contribution in [2.24, 2.45) is 11.5 Å². The SMILES string of the molecule is CN(CCCN)CCCNC(=O)c1ccc(-c2ccc(CN)cc2)cc1. The summed E-state index contributed by atoms with van der Waals surface area (Å²) >= 11 is 0. The van der Waals surface area contributed by atoms with Gasteiger partial charge in [-0.15, -0.1) is 0 Å². The zero-order valence-corrected chi connectivity index (χ0v) is 15.6. The van der Waals surface area contributed by atoms with Crippen LogP contribution in [0.15, 0.2) is 48.5 Å². The van der Waals surface area contributed by atoms with Crippen LogP contribution in [0, 0.1) is 0 Å². The monoisotopic (exact) mass is 354 g/mol. The van der Waals surface area contributed by atoms with Crippen LogP contribution < -0.4 is 16.8 Å². The highest BCUT2D eigenvalue weighted by Gasteiger charge is 2.06. The number of hydrogen-bond donors (Lipinski definition) is 3. The number of nitrogens with two attached hydrogens (primary N) is 2. The summed E-state index contributed by atoms with van der Waals surface area (Å²) in [5.74, 6) is -0.0281. The van der Waals surface area contributed by atoms with Crippen molar-refractivity contribution in [3.8, 4) is 11.1 Å². The van der Waals surface area contributed by atoms with Gasteiger partial charge in [-0.25, -0.2) is 0 Å². The van der Waals surface area contributed by atoms with Gasteiger partial charge in [-0.1, -0.05) is 36.4 Å². The summed E-state index contributed by atoms with van der Waals surface area (Å²) in [7, 11) is 2.08. The van der Waals surface area contributed by atoms with Crippen molar-refractivity contribution < 1.29 is 4.79 Å². The minimum atomic E-state index is -0.0281. The average molecular weight is 354 g/mol. The standard InChI is InChI=1S/C21H30N4O/c1-25(14-2-12-22)15-3-13-24-21(26)20-10-8-19(9-11-20)18-6-4-17(16-23)5-7-18/h4-11H,2-3,12-16,22-23H2,1H3,(H,24,26). The first-order valence-electron chi connectivity index (χ1n) is 9.20. The summed E-state index contributed by atoms with van der Waals surface area (Å²) in [5, 5.41) is 2.98. The molecule has 5 nitrogen and oxygen atoms in total. The Labute approximate surface area is 156 Å². The maximum Gasteiger partial charge on any atom is 0.251 e. The first-order valence-corrected chi connectivity index (χ1v) is 9.20. The van der Waals surface area contributed by atoms with Crippen molar-refractivity contribution in [3.63, 3.8) is 0 Å². The summed E-state index contributed by atoms with van der Waals surface area (Å²) in [5.41, 5.74) is 15.1. The van der Waals surface area contributed by atoms with Gasteiger partial charge in [0.2, 0.25) is 0 Å². The molecule has 0 saturated carbocycles. The van der Waals surface area contributed by atoms with Crippen LogP contribution in [0.5, 0.6) is 0 Å². The second-order valence-corrected chi connectivity index (χ2v) is 6.53. The Balaban J connectivity index is 1.80. The molecule has 2 aromatic carbocycles. The Morgan fingerprint density at radius 2 is 1.50 bits per heavy atom. The van der Waals surface area contributed by atoms with E-state index in [0.717, 1.165) is 42.6 Å². The average Bonchev–Trinajstić information content (AvgIpc) is 2.69. The molecule has 2 aromatic rings. The van der Waals surface area contributed by atoms with Crippen LogP contribution in [0.2, 0.25) is 0 Å². The lowest BCUT2D eigenvalue weighted by atomic mass is 10.0. The molecule has 5 heteroatoms. The summed E-state index contributed by atoms with van der Waals surface area (Å²) in [6.07, 6.45) is 1.93. The van der Waals surface area contributed by atoms with E-state index in [2.05, 4.69) is 29.4 Å². The minimum absolute atomic E-state index is 0.0281. The third kappa shape index (κ3) is 6.26. The van der Waals surface area contributed by atoms with Gasteiger partial charge in [-0.2, -0.15) is 0 Å². The molecule has 1 amide bonds. The first-order chi connectivity index (χ1) is 12.6. The van der Waals surface area contributed by atoms with Crippen molar-refractivity contribution in [3.05, 3.63) is 59.7 Å². The van der Waals surface area contributed by atoms with Gasteiger partial charge in [-0.3, -0.25) is 4.79 Å². The van der Waals surface area contributed by atoms with Crippen LogP contribution >= 0.6 is 0 Å². The molecule has 0 fully saturated rings. The topological polar surface area (TPSA) is 84.4 Å². The Hall–Kier alpha value is -2.21. The molecule has 0 aliphatic rings. The maximum atomic E-state index is 12.2. The molecule has 0 saturated heterocycles. The summed E-state index contributed by atoms with van der Waals surface area (Å²) in [6, 6.07) is 15.9. The van der Waals surface area contributed by atoms with E-state index in [0.29, 0.717) is 25.2 Å². The molecule has 0 spiro atoms. The van der Waals surface area contributed by atoms with Crippen LogP contribution in [0.3, 0.4) is 0 Å². The Kier molecular flexibility index (Phi) is 8.28. The van der Waals surface area contributed by atoms with Crippen LogP contribution in [-0.4, -0.2) is 44.0 Å². The van der Waals surface area contributed by atoms with Gasteiger partial charge in [0, 0.05) is 18.7 Å². The third-order valence-electron chi connectivity index (χ3n) is 4.42. The minimum Gasteiger partial charge on any atom is -0.352 e. The Morgan fingerprint density at radius 1 is 0.923 bits per heavy atom. The second kappa shape index (κ2) is 10.7. The third-order valence-corrected chi connectivity index (χ3v) is 4.42. The zero-order chi connectivity index (χ0) is 18.8. The lowest BCUT2D eigenvalue weighted by Gasteiger charge is -2.15. The van der Waals surface area contributed by atoms with Gasteiger partial charge in [-0.05, 0) is 68.3 Å². The second-order valence-electron chi connectivity index (χ2n) is 6.53. The van der Waals surface area contributed by atoms with Gasteiger partial charge < -0.3 is 21.7 Å². The van der Waals surface area contributed by atoms with Gasteiger partial charge in [0.1, 0.15) is 0 Å². The molecule has 0 bridgehead atoms.